The highest BCUT2D eigenvalue weighted by Crippen LogP contribution is 2.42. The average molecular weight is 421 g/mol. The lowest BCUT2D eigenvalue weighted by atomic mass is 9.69. The van der Waals surface area contributed by atoms with Gasteiger partial charge in [-0.3, -0.25) is 16.2 Å². The number of fused-ring (bicyclic) bond motifs is 4. The summed E-state index contributed by atoms with van der Waals surface area (Å²) in [5.74, 6) is 3.01. The van der Waals surface area contributed by atoms with Crippen molar-refractivity contribution in [3.8, 4) is 0 Å². The molecule has 3 aliphatic heterocycles. The molecule has 0 radical (unpaired) electrons. The highest BCUT2D eigenvalue weighted by Gasteiger charge is 2.46. The molecule has 172 valence electrons. The molecule has 3 N–H and O–H groups in total. The highest BCUT2D eigenvalue weighted by atomic mass is 16.5. The Morgan fingerprint density at radius 2 is 1.93 bits per heavy atom. The summed E-state index contributed by atoms with van der Waals surface area (Å²) in [6.07, 6.45) is 12.0. The zero-order valence-electron chi connectivity index (χ0n) is 19.0. The Balaban J connectivity index is 1.32. The van der Waals surface area contributed by atoms with E-state index in [-0.39, 0.29) is 0 Å². The van der Waals surface area contributed by atoms with Crippen molar-refractivity contribution in [2.24, 2.45) is 23.7 Å². The van der Waals surface area contributed by atoms with Gasteiger partial charge in [0.2, 0.25) is 0 Å². The molecule has 5 rings (SSSR count). The van der Waals surface area contributed by atoms with E-state index in [0.717, 1.165) is 50.0 Å². The van der Waals surface area contributed by atoms with Gasteiger partial charge in [-0.15, -0.1) is 0 Å². The minimum atomic E-state index is 0.454. The van der Waals surface area contributed by atoms with E-state index in [1.807, 2.05) is 0 Å². The number of rotatable bonds is 1. The van der Waals surface area contributed by atoms with E-state index in [4.69, 9.17) is 9.47 Å². The Labute approximate surface area is 183 Å². The minimum Gasteiger partial charge on any atom is -0.378 e. The second-order valence-corrected chi connectivity index (χ2v) is 11.0. The molecule has 8 unspecified atom stereocenters. The Morgan fingerprint density at radius 1 is 0.967 bits per heavy atom. The highest BCUT2D eigenvalue weighted by molar-refractivity contribution is 5.01. The molecule has 0 aromatic carbocycles. The summed E-state index contributed by atoms with van der Waals surface area (Å²) < 4.78 is 12.4. The number of nitrogens with one attached hydrogen (secondary N) is 3. The molecule has 4 bridgehead atoms. The van der Waals surface area contributed by atoms with Crippen LogP contribution in [0.3, 0.4) is 0 Å². The molecule has 0 aromatic heterocycles. The van der Waals surface area contributed by atoms with Crippen molar-refractivity contribution < 1.29 is 9.47 Å². The van der Waals surface area contributed by atoms with Gasteiger partial charge in [0.25, 0.3) is 0 Å². The Hall–Kier alpha value is -0.240. The topological polar surface area (TPSA) is 57.8 Å². The first kappa shape index (κ1) is 21.6. The number of piperidine rings is 1. The first-order chi connectivity index (χ1) is 14.8. The second kappa shape index (κ2) is 10.1. The molecule has 0 amide bonds. The molecule has 30 heavy (non-hydrogen) atoms. The maximum Gasteiger partial charge on any atom is 0.0965 e. The standard InChI is InChI=1S/C24H44N4O2/c1-17-4-2-8-28(14-17)20-11-18-10-19(12-20)24-22-13-21(5-6-23(22)26-27-24)30-9-3-7-25-16-29-15-18/h17-27H,2-16H2,1H3. The lowest BCUT2D eigenvalue weighted by Gasteiger charge is -2.46. The lowest BCUT2D eigenvalue weighted by Crippen LogP contribution is -2.50. The van der Waals surface area contributed by atoms with Gasteiger partial charge in [-0.2, -0.15) is 0 Å². The molecular formula is C24H44N4O2. The predicted molar refractivity (Wildman–Crippen MR) is 119 cm³/mol. The Bertz CT molecular complexity index is 549. The summed E-state index contributed by atoms with van der Waals surface area (Å²) in [5, 5.41) is 3.46. The van der Waals surface area contributed by atoms with Gasteiger partial charge in [0.1, 0.15) is 0 Å². The van der Waals surface area contributed by atoms with Gasteiger partial charge >= 0.3 is 0 Å². The number of ether oxygens (including phenoxy) is 2. The fraction of sp³-hybridized carbons (Fsp3) is 1.00. The van der Waals surface area contributed by atoms with Gasteiger partial charge < -0.3 is 14.4 Å². The van der Waals surface area contributed by atoms with Crippen LogP contribution in [-0.4, -0.2) is 68.7 Å². The average Bonchev–Trinajstić information content (AvgIpc) is 3.18. The van der Waals surface area contributed by atoms with E-state index in [9.17, 15) is 0 Å². The van der Waals surface area contributed by atoms with Crippen LogP contribution in [0.2, 0.25) is 0 Å². The second-order valence-electron chi connectivity index (χ2n) is 11.0. The van der Waals surface area contributed by atoms with Crippen LogP contribution in [-0.2, 0) is 9.47 Å². The van der Waals surface area contributed by atoms with Crippen LogP contribution in [0.1, 0.15) is 64.7 Å². The van der Waals surface area contributed by atoms with Crippen molar-refractivity contribution in [1.29, 1.82) is 0 Å². The summed E-state index contributed by atoms with van der Waals surface area (Å²) in [5.41, 5.74) is 7.48. The predicted octanol–water partition coefficient (Wildman–Crippen LogP) is 2.50. The van der Waals surface area contributed by atoms with Crippen molar-refractivity contribution in [2.75, 3.05) is 39.6 Å². The normalized spacial score (nSPS) is 46.7. The summed E-state index contributed by atoms with van der Waals surface area (Å²) in [4.78, 5) is 2.84. The van der Waals surface area contributed by atoms with Crippen LogP contribution < -0.4 is 16.2 Å². The SMILES string of the molecule is CC1CCCN(C2CC3COCNCCCOC4CCC5NNC(C(C3)C2)C5C4)C1. The number of hydrogen-bond donors (Lipinski definition) is 3. The van der Waals surface area contributed by atoms with Crippen LogP contribution in [0.4, 0.5) is 0 Å². The van der Waals surface area contributed by atoms with Crippen LogP contribution in [0.25, 0.3) is 0 Å². The van der Waals surface area contributed by atoms with Crippen LogP contribution in [0.15, 0.2) is 0 Å². The monoisotopic (exact) mass is 420 g/mol. The third-order valence-corrected chi connectivity index (χ3v) is 8.69. The number of likely N-dealkylation sites (tertiary alicyclic amines) is 1. The molecule has 2 saturated carbocycles. The summed E-state index contributed by atoms with van der Waals surface area (Å²) >= 11 is 0. The first-order valence-electron chi connectivity index (χ1n) is 12.9. The quantitative estimate of drug-likeness (QED) is 0.606. The minimum absolute atomic E-state index is 0.454. The van der Waals surface area contributed by atoms with Gasteiger partial charge in [0.05, 0.1) is 19.4 Å². The Kier molecular flexibility index (Phi) is 7.30. The largest absolute Gasteiger partial charge is 0.378 e. The van der Waals surface area contributed by atoms with E-state index in [0.29, 0.717) is 30.8 Å². The maximum atomic E-state index is 6.30. The van der Waals surface area contributed by atoms with E-state index < -0.39 is 0 Å². The summed E-state index contributed by atoms with van der Waals surface area (Å²) in [6.45, 7) is 8.50. The van der Waals surface area contributed by atoms with E-state index in [1.54, 1.807) is 0 Å². The smallest absolute Gasteiger partial charge is 0.0965 e. The summed E-state index contributed by atoms with van der Waals surface area (Å²) in [7, 11) is 0. The molecule has 5 aliphatic rings. The third-order valence-electron chi connectivity index (χ3n) is 8.69. The number of hydrogen-bond acceptors (Lipinski definition) is 6. The van der Waals surface area contributed by atoms with Crippen molar-refractivity contribution in [1.82, 2.24) is 21.1 Å². The van der Waals surface area contributed by atoms with Crippen molar-refractivity contribution in [3.63, 3.8) is 0 Å². The van der Waals surface area contributed by atoms with Crippen molar-refractivity contribution in [2.45, 2.75) is 88.9 Å². The maximum absolute atomic E-state index is 6.30. The molecule has 5 fully saturated rings. The van der Waals surface area contributed by atoms with Gasteiger partial charge in [-0.05, 0) is 94.5 Å². The molecule has 0 spiro atoms. The molecular weight excluding hydrogens is 376 g/mol. The van der Waals surface area contributed by atoms with Crippen molar-refractivity contribution >= 4 is 0 Å². The van der Waals surface area contributed by atoms with Crippen LogP contribution >= 0.6 is 0 Å². The Morgan fingerprint density at radius 3 is 2.87 bits per heavy atom. The van der Waals surface area contributed by atoms with E-state index in [2.05, 4.69) is 28.0 Å². The van der Waals surface area contributed by atoms with Crippen molar-refractivity contribution in [3.05, 3.63) is 0 Å². The summed E-state index contributed by atoms with van der Waals surface area (Å²) in [6, 6.07) is 1.97. The molecule has 8 atom stereocenters. The fourth-order valence-corrected chi connectivity index (χ4v) is 7.22. The third kappa shape index (κ3) is 5.05. The van der Waals surface area contributed by atoms with E-state index in [1.165, 1.54) is 64.5 Å². The number of hydrazine groups is 1. The van der Waals surface area contributed by atoms with Gasteiger partial charge in [0, 0.05) is 31.3 Å². The van der Waals surface area contributed by atoms with Crippen LogP contribution in [0, 0.1) is 23.7 Å². The molecule has 3 heterocycles. The zero-order valence-corrected chi connectivity index (χ0v) is 19.0. The molecule has 2 aliphatic carbocycles. The van der Waals surface area contributed by atoms with Crippen LogP contribution in [0.5, 0.6) is 0 Å². The lowest BCUT2D eigenvalue weighted by molar-refractivity contribution is -0.00374. The molecule has 6 nitrogen and oxygen atoms in total. The van der Waals surface area contributed by atoms with E-state index >= 15 is 0 Å². The first-order valence-corrected chi connectivity index (χ1v) is 12.9. The van der Waals surface area contributed by atoms with Gasteiger partial charge in [-0.1, -0.05) is 6.92 Å². The van der Waals surface area contributed by atoms with Gasteiger partial charge in [0.15, 0.2) is 0 Å². The molecule has 3 saturated heterocycles. The fourth-order valence-electron chi connectivity index (χ4n) is 7.22. The van der Waals surface area contributed by atoms with Gasteiger partial charge in [-0.25, -0.2) is 0 Å². The zero-order chi connectivity index (χ0) is 20.3. The number of nitrogens with zero attached hydrogens (tertiary/aromatic N) is 1. The molecule has 6 heteroatoms. The molecule has 0 aromatic rings.